The van der Waals surface area contributed by atoms with Crippen molar-refractivity contribution in [2.45, 2.75) is 26.4 Å². The number of hydrogen-bond acceptors (Lipinski definition) is 3. The second kappa shape index (κ2) is 7.53. The van der Waals surface area contributed by atoms with Gasteiger partial charge in [-0.1, -0.05) is 55.5 Å². The number of aliphatic hydroxyl groups is 1. The third-order valence-electron chi connectivity index (χ3n) is 5.23. The minimum absolute atomic E-state index is 0.256. The monoisotopic (exact) mass is 386 g/mol. The van der Waals surface area contributed by atoms with Gasteiger partial charge in [0.15, 0.2) is 0 Å². The summed E-state index contributed by atoms with van der Waals surface area (Å²) >= 11 is 0. The van der Waals surface area contributed by atoms with Crippen molar-refractivity contribution in [2.24, 2.45) is 0 Å². The van der Waals surface area contributed by atoms with Gasteiger partial charge in [0.1, 0.15) is 11.8 Å². The molecular formula is C24H22N2O3. The smallest absolute Gasteiger partial charge is 0.336 e. The Morgan fingerprint density at radius 2 is 1.79 bits per heavy atom. The maximum absolute atomic E-state index is 11.5. The number of rotatable bonds is 5. The topological polar surface area (TPSA) is 74.8 Å². The second-order valence-corrected chi connectivity index (χ2v) is 7.10. The van der Waals surface area contributed by atoms with Crippen LogP contribution in [-0.2, 0) is 6.42 Å². The van der Waals surface area contributed by atoms with Crippen LogP contribution in [0.25, 0.3) is 16.8 Å². The largest absolute Gasteiger partial charge is 0.478 e. The van der Waals surface area contributed by atoms with Gasteiger partial charge in [0, 0.05) is 6.20 Å². The molecule has 0 amide bonds. The highest BCUT2D eigenvalue weighted by atomic mass is 16.4. The molecule has 0 saturated heterocycles. The molecule has 0 aliphatic carbocycles. The summed E-state index contributed by atoms with van der Waals surface area (Å²) < 4.78 is 1.95. The van der Waals surface area contributed by atoms with Gasteiger partial charge in [0.25, 0.3) is 0 Å². The Balaban J connectivity index is 1.72. The average Bonchev–Trinajstić information content (AvgIpc) is 3.19. The fourth-order valence-corrected chi connectivity index (χ4v) is 3.60. The van der Waals surface area contributed by atoms with Crippen LogP contribution in [0.2, 0.25) is 0 Å². The molecule has 0 radical (unpaired) electrons. The maximum Gasteiger partial charge on any atom is 0.336 e. The Kier molecular flexibility index (Phi) is 4.91. The van der Waals surface area contributed by atoms with E-state index in [4.69, 9.17) is 0 Å². The summed E-state index contributed by atoms with van der Waals surface area (Å²) in [5, 5.41) is 20.4. The molecule has 5 nitrogen and oxygen atoms in total. The van der Waals surface area contributed by atoms with Crippen molar-refractivity contribution >= 4 is 11.6 Å². The number of aliphatic hydroxyl groups excluding tert-OH is 1. The summed E-state index contributed by atoms with van der Waals surface area (Å²) in [6, 6.07) is 18.2. The number of hydrogen-bond donors (Lipinski definition) is 2. The lowest BCUT2D eigenvalue weighted by molar-refractivity contribution is 0.0697. The van der Waals surface area contributed by atoms with Crippen LogP contribution in [0.3, 0.4) is 0 Å². The van der Waals surface area contributed by atoms with Crippen LogP contribution < -0.4 is 0 Å². The number of carboxylic acids is 1. The predicted octanol–water partition coefficient (Wildman–Crippen LogP) is 4.65. The highest BCUT2D eigenvalue weighted by molar-refractivity contribution is 5.96. The first kappa shape index (κ1) is 18.9. The van der Waals surface area contributed by atoms with Gasteiger partial charge in [0.2, 0.25) is 0 Å². The normalized spacial score (nSPS) is 12.2. The zero-order valence-electron chi connectivity index (χ0n) is 16.3. The molecule has 0 aliphatic rings. The Morgan fingerprint density at radius 1 is 1.07 bits per heavy atom. The Hall–Kier alpha value is -3.44. The minimum atomic E-state index is -0.960. The van der Waals surface area contributed by atoms with Crippen molar-refractivity contribution in [3.63, 3.8) is 0 Å². The molecule has 2 N–H and O–H groups in total. The highest BCUT2D eigenvalue weighted by Gasteiger charge is 2.17. The summed E-state index contributed by atoms with van der Waals surface area (Å²) in [5.41, 5.74) is 6.08. The van der Waals surface area contributed by atoms with E-state index in [0.29, 0.717) is 5.56 Å². The van der Waals surface area contributed by atoms with E-state index in [1.54, 1.807) is 18.2 Å². The van der Waals surface area contributed by atoms with Gasteiger partial charge in [0.05, 0.1) is 17.0 Å². The summed E-state index contributed by atoms with van der Waals surface area (Å²) in [7, 11) is 0. The zero-order chi connectivity index (χ0) is 20.5. The van der Waals surface area contributed by atoms with Crippen molar-refractivity contribution in [1.29, 1.82) is 0 Å². The molecule has 5 heteroatoms. The fraction of sp³-hybridized carbons (Fsp3) is 0.167. The number of aryl methyl sites for hydroxylation is 2. The first-order valence-corrected chi connectivity index (χ1v) is 9.57. The van der Waals surface area contributed by atoms with Crippen LogP contribution in [-0.4, -0.2) is 25.6 Å². The number of nitrogens with zero attached hydrogens (tertiary/aromatic N) is 2. The quantitative estimate of drug-likeness (QED) is 0.523. The molecule has 0 aliphatic heterocycles. The highest BCUT2D eigenvalue weighted by Crippen LogP contribution is 2.29. The molecule has 1 unspecified atom stereocenters. The van der Waals surface area contributed by atoms with E-state index in [-0.39, 0.29) is 5.56 Å². The van der Waals surface area contributed by atoms with Gasteiger partial charge in [-0.2, -0.15) is 0 Å². The molecule has 2 aromatic heterocycles. The van der Waals surface area contributed by atoms with Gasteiger partial charge in [-0.05, 0) is 47.7 Å². The van der Waals surface area contributed by atoms with Crippen molar-refractivity contribution in [2.75, 3.05) is 0 Å². The zero-order valence-corrected chi connectivity index (χ0v) is 16.3. The molecule has 4 aromatic rings. The van der Waals surface area contributed by atoms with Crippen molar-refractivity contribution in [1.82, 2.24) is 9.38 Å². The molecule has 2 heterocycles. The standard InChI is InChI=1S/C24H22N2O3/c1-3-18-14-26-21(13-8-15(2)23(26)25-18)22(27)17-11-9-16(10-12-17)19-6-4-5-7-20(19)24(28)29/h4-14,22,27H,3H2,1-2H3,(H,28,29). The minimum Gasteiger partial charge on any atom is -0.478 e. The lowest BCUT2D eigenvalue weighted by atomic mass is 9.97. The molecule has 0 fully saturated rings. The van der Waals surface area contributed by atoms with E-state index in [2.05, 4.69) is 11.9 Å². The molecule has 4 rings (SSSR count). The molecule has 29 heavy (non-hydrogen) atoms. The third kappa shape index (κ3) is 3.41. The van der Waals surface area contributed by atoms with Crippen LogP contribution in [0, 0.1) is 6.92 Å². The number of carbonyl (C=O) groups is 1. The molecule has 0 saturated carbocycles. The van der Waals surface area contributed by atoms with E-state index >= 15 is 0 Å². The first-order valence-electron chi connectivity index (χ1n) is 9.57. The lowest BCUT2D eigenvalue weighted by Crippen LogP contribution is -2.06. The van der Waals surface area contributed by atoms with E-state index in [1.165, 1.54) is 0 Å². The fourth-order valence-electron chi connectivity index (χ4n) is 3.60. The number of benzene rings is 2. The van der Waals surface area contributed by atoms with Gasteiger partial charge in [-0.15, -0.1) is 0 Å². The molecule has 146 valence electrons. The lowest BCUT2D eigenvalue weighted by Gasteiger charge is -2.15. The van der Waals surface area contributed by atoms with Crippen LogP contribution in [0.4, 0.5) is 0 Å². The van der Waals surface area contributed by atoms with E-state index < -0.39 is 12.1 Å². The first-order chi connectivity index (χ1) is 14.0. The van der Waals surface area contributed by atoms with Crippen molar-refractivity contribution in [3.8, 4) is 11.1 Å². The number of pyridine rings is 1. The Labute approximate surface area is 168 Å². The van der Waals surface area contributed by atoms with E-state index in [1.807, 2.05) is 60.0 Å². The summed E-state index contributed by atoms with van der Waals surface area (Å²) in [5.74, 6) is -0.960. The van der Waals surface area contributed by atoms with E-state index in [0.717, 1.165) is 40.1 Å². The van der Waals surface area contributed by atoms with Gasteiger partial charge in [-0.3, -0.25) is 0 Å². The van der Waals surface area contributed by atoms with Crippen LogP contribution >= 0.6 is 0 Å². The maximum atomic E-state index is 11.5. The van der Waals surface area contributed by atoms with Crippen LogP contribution in [0.15, 0.2) is 66.9 Å². The number of carboxylic acid groups (broad SMARTS) is 1. The van der Waals surface area contributed by atoms with Crippen LogP contribution in [0.5, 0.6) is 0 Å². The molecule has 0 bridgehead atoms. The Bertz CT molecular complexity index is 1190. The molecule has 0 spiro atoms. The van der Waals surface area contributed by atoms with Gasteiger partial charge < -0.3 is 14.6 Å². The second-order valence-electron chi connectivity index (χ2n) is 7.10. The third-order valence-corrected chi connectivity index (χ3v) is 5.23. The van der Waals surface area contributed by atoms with Gasteiger partial charge in [-0.25, -0.2) is 9.78 Å². The number of imidazole rings is 1. The SMILES string of the molecule is CCc1cn2c(C(O)c3ccc(-c4ccccc4C(=O)O)cc3)ccc(C)c2n1. The predicted molar refractivity (Wildman–Crippen MR) is 112 cm³/mol. The van der Waals surface area contributed by atoms with Crippen molar-refractivity contribution < 1.29 is 15.0 Å². The van der Waals surface area contributed by atoms with E-state index in [9.17, 15) is 15.0 Å². The van der Waals surface area contributed by atoms with Crippen LogP contribution in [0.1, 0.15) is 45.9 Å². The van der Waals surface area contributed by atoms with Gasteiger partial charge >= 0.3 is 5.97 Å². The Morgan fingerprint density at radius 3 is 2.48 bits per heavy atom. The number of aromatic carboxylic acids is 1. The summed E-state index contributed by atoms with van der Waals surface area (Å²) in [6.07, 6.45) is 1.98. The number of aromatic nitrogens is 2. The molecule has 1 atom stereocenters. The summed E-state index contributed by atoms with van der Waals surface area (Å²) in [4.78, 5) is 16.1. The average molecular weight is 386 g/mol. The molecular weight excluding hydrogens is 364 g/mol. The van der Waals surface area contributed by atoms with Crippen molar-refractivity contribution in [3.05, 3.63) is 94.9 Å². The number of fused-ring (bicyclic) bond motifs is 1. The molecule has 2 aromatic carbocycles. The summed E-state index contributed by atoms with van der Waals surface area (Å²) in [6.45, 7) is 4.06.